The van der Waals surface area contributed by atoms with Crippen LogP contribution in [-0.2, 0) is 4.79 Å². The number of anilines is 1. The molecule has 1 aromatic rings. The molecule has 1 N–H and O–H groups in total. The lowest BCUT2D eigenvalue weighted by Crippen LogP contribution is -2.46. The molecule has 0 atom stereocenters. The van der Waals surface area contributed by atoms with E-state index in [1.54, 1.807) is 20.1 Å². The number of rotatable bonds is 5. The molecule has 0 aliphatic carbocycles. The van der Waals surface area contributed by atoms with Gasteiger partial charge in [-0.05, 0) is 19.1 Å². The summed E-state index contributed by atoms with van der Waals surface area (Å²) in [7, 11) is 1.67. The molecule has 21 heavy (non-hydrogen) atoms. The molecule has 0 spiro atoms. The fraction of sp³-hybridized carbons (Fsp3) is 0.438. The molecular weight excluding hydrogens is 268 g/mol. The molecule has 0 aromatic heterocycles. The number of methoxy groups -OCH3 is 1. The van der Waals surface area contributed by atoms with Crippen LogP contribution in [0.3, 0.4) is 0 Å². The molecule has 0 amide bonds. The Morgan fingerprint density at radius 1 is 1.33 bits per heavy atom. The van der Waals surface area contributed by atoms with Crippen LogP contribution in [0.25, 0.3) is 0 Å². The lowest BCUT2D eigenvalue weighted by atomic mass is 10.2. The molecule has 2 rings (SSSR count). The Balaban J connectivity index is 1.88. The van der Waals surface area contributed by atoms with Crippen molar-refractivity contribution in [3.8, 4) is 5.75 Å². The van der Waals surface area contributed by atoms with E-state index in [4.69, 9.17) is 9.84 Å². The van der Waals surface area contributed by atoms with Crippen molar-refractivity contribution in [2.24, 2.45) is 0 Å². The highest BCUT2D eigenvalue weighted by Crippen LogP contribution is 2.22. The van der Waals surface area contributed by atoms with Gasteiger partial charge in [0.25, 0.3) is 0 Å². The van der Waals surface area contributed by atoms with Crippen molar-refractivity contribution < 1.29 is 14.6 Å². The third-order valence-corrected chi connectivity index (χ3v) is 3.78. The first-order chi connectivity index (χ1) is 10.1. The predicted molar refractivity (Wildman–Crippen MR) is 83.0 cm³/mol. The lowest BCUT2D eigenvalue weighted by Gasteiger charge is -2.35. The molecule has 1 fully saturated rings. The average Bonchev–Trinajstić information content (AvgIpc) is 2.53. The summed E-state index contributed by atoms with van der Waals surface area (Å²) in [6.45, 7) is 6.07. The maximum atomic E-state index is 10.8. The molecule has 5 nitrogen and oxygen atoms in total. The number of hydrogen-bond acceptors (Lipinski definition) is 4. The number of carboxylic acid groups (broad SMARTS) is 1. The van der Waals surface area contributed by atoms with Gasteiger partial charge in [0, 0.05) is 50.1 Å². The van der Waals surface area contributed by atoms with Crippen molar-refractivity contribution >= 4 is 11.7 Å². The zero-order chi connectivity index (χ0) is 15.2. The number of ether oxygens (including phenoxy) is 1. The number of hydrogen-bond donors (Lipinski definition) is 1. The zero-order valence-electron chi connectivity index (χ0n) is 12.6. The Kier molecular flexibility index (Phi) is 5.22. The van der Waals surface area contributed by atoms with E-state index in [0.717, 1.165) is 31.9 Å². The second-order valence-electron chi connectivity index (χ2n) is 5.18. The number of benzene rings is 1. The minimum Gasteiger partial charge on any atom is -0.497 e. The highest BCUT2D eigenvalue weighted by molar-refractivity contribution is 5.85. The molecule has 0 radical (unpaired) electrons. The van der Waals surface area contributed by atoms with Gasteiger partial charge in [0.05, 0.1) is 7.11 Å². The largest absolute Gasteiger partial charge is 0.497 e. The fourth-order valence-corrected chi connectivity index (χ4v) is 2.35. The first kappa shape index (κ1) is 15.4. The van der Waals surface area contributed by atoms with Crippen LogP contribution in [0, 0.1) is 0 Å². The van der Waals surface area contributed by atoms with Crippen LogP contribution in [-0.4, -0.2) is 55.8 Å². The molecule has 114 valence electrons. The minimum absolute atomic E-state index is 0.408. The summed E-state index contributed by atoms with van der Waals surface area (Å²) in [5.74, 6) is 0.0277. The van der Waals surface area contributed by atoms with Gasteiger partial charge in [-0.25, -0.2) is 4.79 Å². The van der Waals surface area contributed by atoms with E-state index < -0.39 is 5.97 Å². The molecule has 1 aliphatic heterocycles. The number of nitrogens with zero attached hydrogens (tertiary/aromatic N) is 2. The molecular formula is C16H22N2O3. The average molecular weight is 290 g/mol. The second-order valence-corrected chi connectivity index (χ2v) is 5.18. The standard InChI is InChI=1S/C16H22N2O3/c1-13(16(19)20)6-7-17-8-10-18(11-9-17)14-4-3-5-15(12-14)21-2/h3-6,12H,7-11H2,1-2H3,(H,19,20). The van der Waals surface area contributed by atoms with Gasteiger partial charge in [0.15, 0.2) is 0 Å². The van der Waals surface area contributed by atoms with Gasteiger partial charge in [-0.1, -0.05) is 12.1 Å². The van der Waals surface area contributed by atoms with Gasteiger partial charge in [0.1, 0.15) is 5.75 Å². The maximum Gasteiger partial charge on any atom is 0.330 e. The predicted octanol–water partition coefficient (Wildman–Crippen LogP) is 1.85. The van der Waals surface area contributed by atoms with Crippen LogP contribution in [0.1, 0.15) is 6.92 Å². The third kappa shape index (κ3) is 4.23. The summed E-state index contributed by atoms with van der Waals surface area (Å²) >= 11 is 0. The van der Waals surface area contributed by atoms with Crippen LogP contribution in [0.2, 0.25) is 0 Å². The number of carboxylic acids is 1. The molecule has 0 saturated carbocycles. The Morgan fingerprint density at radius 2 is 2.05 bits per heavy atom. The van der Waals surface area contributed by atoms with Crippen LogP contribution in [0.5, 0.6) is 5.75 Å². The van der Waals surface area contributed by atoms with E-state index in [2.05, 4.69) is 15.9 Å². The third-order valence-electron chi connectivity index (χ3n) is 3.78. The summed E-state index contributed by atoms with van der Waals surface area (Å²) in [6, 6.07) is 8.08. The van der Waals surface area contributed by atoms with Gasteiger partial charge < -0.3 is 14.7 Å². The first-order valence-corrected chi connectivity index (χ1v) is 7.11. The Bertz CT molecular complexity index is 520. The van der Waals surface area contributed by atoms with E-state index in [9.17, 15) is 4.79 Å². The minimum atomic E-state index is -0.843. The van der Waals surface area contributed by atoms with E-state index in [1.165, 1.54) is 5.69 Å². The molecule has 1 saturated heterocycles. The van der Waals surface area contributed by atoms with Crippen molar-refractivity contribution in [2.75, 3.05) is 44.7 Å². The molecule has 5 heteroatoms. The molecule has 1 aromatic carbocycles. The summed E-state index contributed by atoms with van der Waals surface area (Å²) in [6.07, 6.45) is 1.78. The molecule has 1 aliphatic rings. The van der Waals surface area contributed by atoms with Crippen LogP contribution < -0.4 is 9.64 Å². The fourth-order valence-electron chi connectivity index (χ4n) is 2.35. The second kappa shape index (κ2) is 7.13. The van der Waals surface area contributed by atoms with Crippen LogP contribution in [0.4, 0.5) is 5.69 Å². The van der Waals surface area contributed by atoms with Crippen molar-refractivity contribution in [1.82, 2.24) is 4.90 Å². The molecule has 1 heterocycles. The zero-order valence-corrected chi connectivity index (χ0v) is 12.6. The summed E-state index contributed by atoms with van der Waals surface area (Å²) in [5, 5.41) is 8.84. The summed E-state index contributed by atoms with van der Waals surface area (Å²) in [5.41, 5.74) is 1.58. The van der Waals surface area contributed by atoms with Crippen LogP contribution >= 0.6 is 0 Å². The van der Waals surface area contributed by atoms with Gasteiger partial charge >= 0.3 is 5.97 Å². The molecule has 0 unspecified atom stereocenters. The van der Waals surface area contributed by atoms with E-state index in [0.29, 0.717) is 12.1 Å². The van der Waals surface area contributed by atoms with Crippen molar-refractivity contribution in [1.29, 1.82) is 0 Å². The number of aliphatic carboxylic acids is 1. The van der Waals surface area contributed by atoms with Crippen molar-refractivity contribution in [2.45, 2.75) is 6.92 Å². The Hall–Kier alpha value is -2.01. The highest BCUT2D eigenvalue weighted by Gasteiger charge is 2.16. The Labute approximate surface area is 125 Å². The summed E-state index contributed by atoms with van der Waals surface area (Å²) in [4.78, 5) is 15.4. The van der Waals surface area contributed by atoms with E-state index >= 15 is 0 Å². The van der Waals surface area contributed by atoms with Gasteiger partial charge in [-0.3, -0.25) is 4.90 Å². The van der Waals surface area contributed by atoms with Gasteiger partial charge in [0.2, 0.25) is 0 Å². The van der Waals surface area contributed by atoms with Crippen molar-refractivity contribution in [3.63, 3.8) is 0 Å². The number of piperazine rings is 1. The monoisotopic (exact) mass is 290 g/mol. The van der Waals surface area contributed by atoms with Gasteiger partial charge in [-0.15, -0.1) is 0 Å². The van der Waals surface area contributed by atoms with Crippen molar-refractivity contribution in [3.05, 3.63) is 35.9 Å². The quantitative estimate of drug-likeness (QED) is 0.839. The summed E-state index contributed by atoms with van der Waals surface area (Å²) < 4.78 is 5.25. The normalized spacial score (nSPS) is 16.9. The Morgan fingerprint density at radius 3 is 2.67 bits per heavy atom. The topological polar surface area (TPSA) is 53.0 Å². The first-order valence-electron chi connectivity index (χ1n) is 7.11. The maximum absolute atomic E-state index is 10.8. The van der Waals surface area contributed by atoms with E-state index in [1.807, 2.05) is 18.2 Å². The van der Waals surface area contributed by atoms with Crippen LogP contribution in [0.15, 0.2) is 35.9 Å². The SMILES string of the molecule is COc1cccc(N2CCN(CC=C(C)C(=O)O)CC2)c1. The van der Waals surface area contributed by atoms with E-state index in [-0.39, 0.29) is 0 Å². The smallest absolute Gasteiger partial charge is 0.330 e. The highest BCUT2D eigenvalue weighted by atomic mass is 16.5. The number of carbonyl (C=O) groups is 1. The van der Waals surface area contributed by atoms with Gasteiger partial charge in [-0.2, -0.15) is 0 Å². The lowest BCUT2D eigenvalue weighted by molar-refractivity contribution is -0.132. The molecule has 0 bridgehead atoms.